The highest BCUT2D eigenvalue weighted by atomic mass is 16.5. The zero-order valence-electron chi connectivity index (χ0n) is 12.7. The van der Waals surface area contributed by atoms with Crippen molar-refractivity contribution in [2.24, 2.45) is 11.8 Å². The van der Waals surface area contributed by atoms with Gasteiger partial charge in [0, 0.05) is 0 Å². The molecule has 0 amide bonds. The lowest BCUT2D eigenvalue weighted by molar-refractivity contribution is 0.201. The molecule has 1 rings (SSSR count). The second kappa shape index (κ2) is 8.21. The molecule has 1 N–H and O–H groups in total. The molecule has 0 heterocycles. The molecule has 19 heavy (non-hydrogen) atoms. The summed E-state index contributed by atoms with van der Waals surface area (Å²) < 4.78 is 5.40. The van der Waals surface area contributed by atoms with Crippen LogP contribution in [0.25, 0.3) is 0 Å². The number of ether oxygens (including phenoxy) is 1. The first-order chi connectivity index (χ1) is 9.02. The summed E-state index contributed by atoms with van der Waals surface area (Å²) in [6, 6.07) is 8.36. The van der Waals surface area contributed by atoms with Gasteiger partial charge in [-0.1, -0.05) is 39.8 Å². The van der Waals surface area contributed by atoms with Crippen molar-refractivity contribution in [3.63, 3.8) is 0 Å². The molecule has 2 nitrogen and oxygen atoms in total. The van der Waals surface area contributed by atoms with Crippen LogP contribution in [-0.4, -0.2) is 18.3 Å². The van der Waals surface area contributed by atoms with E-state index in [2.05, 4.69) is 39.8 Å². The minimum absolute atomic E-state index is 0.0606. The van der Waals surface area contributed by atoms with Crippen LogP contribution in [0.15, 0.2) is 24.3 Å². The summed E-state index contributed by atoms with van der Waals surface area (Å²) in [6.07, 6.45) is 2.46. The fourth-order valence-corrected chi connectivity index (χ4v) is 2.51. The quantitative estimate of drug-likeness (QED) is 0.761. The maximum atomic E-state index is 8.74. The third-order valence-electron chi connectivity index (χ3n) is 3.22. The highest BCUT2D eigenvalue weighted by molar-refractivity contribution is 5.29. The van der Waals surface area contributed by atoms with Crippen LogP contribution in [0.1, 0.15) is 52.0 Å². The van der Waals surface area contributed by atoms with E-state index in [-0.39, 0.29) is 6.61 Å². The van der Waals surface area contributed by atoms with Gasteiger partial charge in [0.2, 0.25) is 0 Å². The predicted octanol–water partition coefficient (Wildman–Crippen LogP) is 4.23. The number of hydrogen-bond acceptors (Lipinski definition) is 2. The Morgan fingerprint density at radius 1 is 0.947 bits per heavy atom. The van der Waals surface area contributed by atoms with Crippen molar-refractivity contribution in [3.05, 3.63) is 29.8 Å². The Balaban J connectivity index is 2.72. The zero-order valence-corrected chi connectivity index (χ0v) is 12.7. The second-order valence-electron chi connectivity index (χ2n) is 6.10. The van der Waals surface area contributed by atoms with Gasteiger partial charge in [-0.3, -0.25) is 0 Å². The van der Waals surface area contributed by atoms with Gasteiger partial charge in [0.05, 0.1) is 6.61 Å². The number of hydrogen-bond donors (Lipinski definition) is 1. The molecular formula is C17H28O2. The Morgan fingerprint density at radius 3 is 1.89 bits per heavy atom. The Hall–Kier alpha value is -1.02. The molecule has 0 spiro atoms. The first kappa shape index (κ1) is 16.0. The molecule has 0 aliphatic rings. The average molecular weight is 264 g/mol. The van der Waals surface area contributed by atoms with E-state index in [9.17, 15) is 0 Å². The fourth-order valence-electron chi connectivity index (χ4n) is 2.51. The summed E-state index contributed by atoms with van der Waals surface area (Å²) >= 11 is 0. The molecule has 0 unspecified atom stereocenters. The third-order valence-corrected chi connectivity index (χ3v) is 3.22. The molecule has 1 aromatic rings. The highest BCUT2D eigenvalue weighted by Gasteiger charge is 2.15. The summed E-state index contributed by atoms with van der Waals surface area (Å²) in [4.78, 5) is 0. The minimum atomic E-state index is 0.0606. The van der Waals surface area contributed by atoms with Gasteiger partial charge < -0.3 is 9.84 Å². The van der Waals surface area contributed by atoms with Crippen LogP contribution in [0.3, 0.4) is 0 Å². The fraction of sp³-hybridized carbons (Fsp3) is 0.647. The Kier molecular flexibility index (Phi) is 6.93. The number of benzene rings is 1. The van der Waals surface area contributed by atoms with Crippen molar-refractivity contribution in [2.45, 2.75) is 46.5 Å². The minimum Gasteiger partial charge on any atom is -0.491 e. The summed E-state index contributed by atoms with van der Waals surface area (Å²) in [6.45, 7) is 9.56. The molecule has 108 valence electrons. The molecule has 0 aromatic heterocycles. The van der Waals surface area contributed by atoms with Crippen molar-refractivity contribution < 1.29 is 9.84 Å². The third kappa shape index (κ3) is 6.11. The van der Waals surface area contributed by atoms with E-state index in [1.165, 1.54) is 18.4 Å². The van der Waals surface area contributed by atoms with E-state index in [0.717, 1.165) is 5.75 Å². The average Bonchev–Trinajstić information content (AvgIpc) is 2.35. The van der Waals surface area contributed by atoms with E-state index in [1.807, 2.05) is 12.1 Å². The van der Waals surface area contributed by atoms with Crippen molar-refractivity contribution in [1.82, 2.24) is 0 Å². The van der Waals surface area contributed by atoms with Crippen LogP contribution in [0.2, 0.25) is 0 Å². The Morgan fingerprint density at radius 2 is 1.47 bits per heavy atom. The molecule has 0 aliphatic carbocycles. The van der Waals surface area contributed by atoms with Gasteiger partial charge in [0.15, 0.2) is 0 Å². The number of aliphatic hydroxyl groups is 1. The number of aliphatic hydroxyl groups excluding tert-OH is 1. The monoisotopic (exact) mass is 264 g/mol. The summed E-state index contributed by atoms with van der Waals surface area (Å²) in [5.74, 6) is 2.90. The van der Waals surface area contributed by atoms with Crippen molar-refractivity contribution >= 4 is 0 Å². The van der Waals surface area contributed by atoms with Gasteiger partial charge in [-0.05, 0) is 48.3 Å². The van der Waals surface area contributed by atoms with Gasteiger partial charge in [-0.15, -0.1) is 0 Å². The van der Waals surface area contributed by atoms with E-state index >= 15 is 0 Å². The van der Waals surface area contributed by atoms with E-state index in [1.54, 1.807) is 0 Å². The Labute approximate surface area is 117 Å². The largest absolute Gasteiger partial charge is 0.491 e. The maximum Gasteiger partial charge on any atom is 0.119 e. The highest BCUT2D eigenvalue weighted by Crippen LogP contribution is 2.31. The van der Waals surface area contributed by atoms with Gasteiger partial charge >= 0.3 is 0 Å². The van der Waals surface area contributed by atoms with Crippen LogP contribution in [0.4, 0.5) is 0 Å². The smallest absolute Gasteiger partial charge is 0.119 e. The maximum absolute atomic E-state index is 8.74. The SMILES string of the molecule is CC(C)CC(CC(C)C)c1ccc(OCCO)cc1. The molecule has 0 aliphatic heterocycles. The molecule has 2 heteroatoms. The van der Waals surface area contributed by atoms with E-state index in [4.69, 9.17) is 9.84 Å². The zero-order chi connectivity index (χ0) is 14.3. The predicted molar refractivity (Wildman–Crippen MR) is 80.7 cm³/mol. The van der Waals surface area contributed by atoms with Crippen LogP contribution in [-0.2, 0) is 0 Å². The summed E-state index contributed by atoms with van der Waals surface area (Å²) in [5, 5.41) is 8.74. The molecule has 0 saturated heterocycles. The van der Waals surface area contributed by atoms with Crippen molar-refractivity contribution in [1.29, 1.82) is 0 Å². The lowest BCUT2D eigenvalue weighted by Crippen LogP contribution is -2.07. The molecule has 1 aromatic carbocycles. The Bertz CT molecular complexity index is 331. The van der Waals surface area contributed by atoms with Gasteiger partial charge in [0.25, 0.3) is 0 Å². The van der Waals surface area contributed by atoms with Crippen molar-refractivity contribution in [2.75, 3.05) is 13.2 Å². The molecule has 0 radical (unpaired) electrons. The second-order valence-corrected chi connectivity index (χ2v) is 6.10. The molecular weight excluding hydrogens is 236 g/mol. The van der Waals surface area contributed by atoms with Crippen LogP contribution in [0, 0.1) is 11.8 Å². The van der Waals surface area contributed by atoms with Gasteiger partial charge in [0.1, 0.15) is 12.4 Å². The lowest BCUT2D eigenvalue weighted by atomic mass is 9.84. The van der Waals surface area contributed by atoms with Crippen molar-refractivity contribution in [3.8, 4) is 5.75 Å². The first-order valence-corrected chi connectivity index (χ1v) is 7.36. The number of rotatable bonds is 8. The molecule has 0 bridgehead atoms. The normalized spacial score (nSPS) is 11.6. The van der Waals surface area contributed by atoms with Crippen LogP contribution >= 0.6 is 0 Å². The topological polar surface area (TPSA) is 29.5 Å². The molecule has 0 fully saturated rings. The van der Waals surface area contributed by atoms with E-state index < -0.39 is 0 Å². The van der Waals surface area contributed by atoms with Gasteiger partial charge in [-0.2, -0.15) is 0 Å². The standard InChI is InChI=1S/C17H28O2/c1-13(2)11-16(12-14(3)4)15-5-7-17(8-6-15)19-10-9-18/h5-8,13-14,16,18H,9-12H2,1-4H3. The molecule has 0 atom stereocenters. The first-order valence-electron chi connectivity index (χ1n) is 7.36. The van der Waals surface area contributed by atoms with Crippen LogP contribution < -0.4 is 4.74 Å². The summed E-state index contributed by atoms with van der Waals surface area (Å²) in [5.41, 5.74) is 1.40. The van der Waals surface area contributed by atoms with E-state index in [0.29, 0.717) is 24.4 Å². The van der Waals surface area contributed by atoms with Gasteiger partial charge in [-0.25, -0.2) is 0 Å². The lowest BCUT2D eigenvalue weighted by Gasteiger charge is -2.21. The van der Waals surface area contributed by atoms with Crippen LogP contribution in [0.5, 0.6) is 5.75 Å². The molecule has 0 saturated carbocycles. The summed E-state index contributed by atoms with van der Waals surface area (Å²) in [7, 11) is 0.